The lowest BCUT2D eigenvalue weighted by Gasteiger charge is -2.15. The predicted octanol–water partition coefficient (Wildman–Crippen LogP) is 3.11. The maximum Gasteiger partial charge on any atom is 0.187 e. The molecule has 0 radical (unpaired) electrons. The molecule has 0 heterocycles. The van der Waals surface area contributed by atoms with Crippen molar-refractivity contribution in [1.29, 1.82) is 0 Å². The Labute approximate surface area is 114 Å². The Morgan fingerprint density at radius 1 is 1.00 bits per heavy atom. The molecule has 0 spiro atoms. The lowest BCUT2D eigenvalue weighted by Crippen LogP contribution is -2.13. The molecule has 2 aromatic rings. The normalized spacial score (nSPS) is 13.2. The molecule has 0 aliphatic carbocycles. The Kier molecular flexibility index (Phi) is 3.62. The highest BCUT2D eigenvalue weighted by Gasteiger charge is 2.26. The predicted molar refractivity (Wildman–Crippen MR) is 77.6 cm³/mol. The summed E-state index contributed by atoms with van der Waals surface area (Å²) in [6.45, 7) is 3.49. The Balaban J connectivity index is 2.52. The average Bonchev–Trinajstić information content (AvgIpc) is 2.41. The van der Waals surface area contributed by atoms with Gasteiger partial charge in [0.1, 0.15) is 0 Å². The molecule has 0 saturated heterocycles. The molecule has 0 saturated carbocycles. The van der Waals surface area contributed by atoms with Gasteiger partial charge >= 0.3 is 0 Å². The van der Waals surface area contributed by atoms with Crippen LogP contribution in [0.15, 0.2) is 53.4 Å². The summed E-state index contributed by atoms with van der Waals surface area (Å²) in [5.74, 6) is 0. The van der Waals surface area contributed by atoms with E-state index >= 15 is 0 Å². The van der Waals surface area contributed by atoms with Gasteiger partial charge in [-0.1, -0.05) is 42.5 Å². The summed E-state index contributed by atoms with van der Waals surface area (Å²) in [5, 5.41) is -0.613. The van der Waals surface area contributed by atoms with Crippen LogP contribution in [0.3, 0.4) is 0 Å². The van der Waals surface area contributed by atoms with E-state index in [4.69, 9.17) is 5.73 Å². The van der Waals surface area contributed by atoms with Crippen molar-refractivity contribution in [3.63, 3.8) is 0 Å². The summed E-state index contributed by atoms with van der Waals surface area (Å²) in [6.07, 6.45) is 0. The number of nitrogens with two attached hydrogens (primary N) is 1. The zero-order valence-electron chi connectivity index (χ0n) is 11.0. The number of para-hydroxylation sites is 1. The summed E-state index contributed by atoms with van der Waals surface area (Å²) in [6, 6.07) is 14.3. The first-order valence-electron chi connectivity index (χ1n) is 6.08. The highest BCUT2D eigenvalue weighted by molar-refractivity contribution is 7.91. The molecule has 0 aliphatic heterocycles. The molecular formula is C15H17NO2S. The van der Waals surface area contributed by atoms with Crippen LogP contribution in [0.25, 0.3) is 0 Å². The van der Waals surface area contributed by atoms with Gasteiger partial charge < -0.3 is 5.73 Å². The lowest BCUT2D eigenvalue weighted by atomic mass is 10.2. The third-order valence-electron chi connectivity index (χ3n) is 3.33. The van der Waals surface area contributed by atoms with Gasteiger partial charge in [-0.2, -0.15) is 0 Å². The van der Waals surface area contributed by atoms with E-state index in [-0.39, 0.29) is 4.90 Å². The Morgan fingerprint density at radius 2 is 1.63 bits per heavy atom. The van der Waals surface area contributed by atoms with Crippen LogP contribution in [-0.2, 0) is 9.84 Å². The van der Waals surface area contributed by atoms with Crippen molar-refractivity contribution >= 4 is 15.5 Å². The lowest BCUT2D eigenvalue weighted by molar-refractivity contribution is 0.586. The van der Waals surface area contributed by atoms with Gasteiger partial charge in [-0.25, -0.2) is 8.42 Å². The van der Waals surface area contributed by atoms with Crippen molar-refractivity contribution < 1.29 is 8.42 Å². The number of sulfone groups is 1. The number of hydrogen-bond acceptors (Lipinski definition) is 3. The molecule has 100 valence electrons. The van der Waals surface area contributed by atoms with E-state index in [1.165, 1.54) is 0 Å². The first kappa shape index (κ1) is 13.6. The van der Waals surface area contributed by atoms with Crippen molar-refractivity contribution in [2.75, 3.05) is 5.73 Å². The minimum atomic E-state index is -3.47. The van der Waals surface area contributed by atoms with Crippen LogP contribution in [0.2, 0.25) is 0 Å². The molecule has 19 heavy (non-hydrogen) atoms. The standard InChI is InChI=1S/C15H17NO2S/c1-11-7-6-10-14(15(11)16)19(17,18)12(2)13-8-4-3-5-9-13/h3-10,12H,16H2,1-2H3. The molecule has 0 aliphatic rings. The van der Waals surface area contributed by atoms with Crippen LogP contribution in [0.5, 0.6) is 0 Å². The largest absolute Gasteiger partial charge is 0.397 e. The molecule has 0 bridgehead atoms. The summed E-state index contributed by atoms with van der Waals surface area (Å²) in [7, 11) is -3.47. The smallest absolute Gasteiger partial charge is 0.187 e. The van der Waals surface area contributed by atoms with Crippen molar-refractivity contribution in [2.45, 2.75) is 24.0 Å². The van der Waals surface area contributed by atoms with Crippen LogP contribution in [0.1, 0.15) is 23.3 Å². The summed E-state index contributed by atoms with van der Waals surface area (Å²) < 4.78 is 25.3. The van der Waals surface area contributed by atoms with Crippen molar-refractivity contribution in [2.24, 2.45) is 0 Å². The zero-order valence-corrected chi connectivity index (χ0v) is 11.8. The van der Waals surface area contributed by atoms with Gasteiger partial charge in [-0.15, -0.1) is 0 Å². The molecule has 0 fully saturated rings. The fraction of sp³-hybridized carbons (Fsp3) is 0.200. The monoisotopic (exact) mass is 275 g/mol. The maximum absolute atomic E-state index is 12.6. The minimum absolute atomic E-state index is 0.212. The number of benzene rings is 2. The van der Waals surface area contributed by atoms with E-state index in [1.54, 1.807) is 19.1 Å². The first-order valence-corrected chi connectivity index (χ1v) is 7.63. The molecule has 2 aromatic carbocycles. The van der Waals surface area contributed by atoms with Gasteiger partial charge in [0.25, 0.3) is 0 Å². The van der Waals surface area contributed by atoms with Gasteiger partial charge in [0.15, 0.2) is 9.84 Å². The van der Waals surface area contributed by atoms with E-state index in [0.717, 1.165) is 11.1 Å². The first-order chi connectivity index (χ1) is 8.94. The van der Waals surface area contributed by atoms with Gasteiger partial charge in [0.05, 0.1) is 15.8 Å². The van der Waals surface area contributed by atoms with E-state index in [9.17, 15) is 8.42 Å². The molecule has 1 unspecified atom stereocenters. The van der Waals surface area contributed by atoms with Crippen LogP contribution in [-0.4, -0.2) is 8.42 Å². The van der Waals surface area contributed by atoms with Crippen LogP contribution >= 0.6 is 0 Å². The molecular weight excluding hydrogens is 258 g/mol. The van der Waals surface area contributed by atoms with Crippen LogP contribution in [0, 0.1) is 6.92 Å². The highest BCUT2D eigenvalue weighted by atomic mass is 32.2. The molecule has 3 nitrogen and oxygen atoms in total. The second-order valence-corrected chi connectivity index (χ2v) is 6.82. The molecule has 4 heteroatoms. The fourth-order valence-electron chi connectivity index (χ4n) is 2.00. The summed E-state index contributed by atoms with van der Waals surface area (Å²) in [5.41, 5.74) is 7.79. The zero-order chi connectivity index (χ0) is 14.0. The van der Waals surface area contributed by atoms with E-state index in [1.807, 2.05) is 43.3 Å². The Morgan fingerprint density at radius 3 is 2.26 bits per heavy atom. The Hall–Kier alpha value is -1.81. The number of nitrogen functional groups attached to an aromatic ring is 1. The third-order valence-corrected chi connectivity index (χ3v) is 5.50. The molecule has 0 aromatic heterocycles. The second-order valence-electron chi connectivity index (χ2n) is 4.58. The van der Waals surface area contributed by atoms with Gasteiger partial charge in [0.2, 0.25) is 0 Å². The topological polar surface area (TPSA) is 60.2 Å². The molecule has 1 atom stereocenters. The SMILES string of the molecule is Cc1cccc(S(=O)(=O)C(C)c2ccccc2)c1N. The van der Waals surface area contributed by atoms with Crippen LogP contribution in [0.4, 0.5) is 5.69 Å². The van der Waals surface area contributed by atoms with Gasteiger partial charge in [-0.3, -0.25) is 0 Å². The quantitative estimate of drug-likeness (QED) is 0.875. The van der Waals surface area contributed by atoms with Crippen molar-refractivity contribution in [1.82, 2.24) is 0 Å². The number of hydrogen-bond donors (Lipinski definition) is 1. The highest BCUT2D eigenvalue weighted by Crippen LogP contribution is 2.32. The number of aryl methyl sites for hydroxylation is 1. The Bertz CT molecular complexity index is 679. The molecule has 2 rings (SSSR count). The van der Waals surface area contributed by atoms with E-state index < -0.39 is 15.1 Å². The summed E-state index contributed by atoms with van der Waals surface area (Å²) in [4.78, 5) is 0.212. The van der Waals surface area contributed by atoms with E-state index in [2.05, 4.69) is 0 Å². The average molecular weight is 275 g/mol. The fourth-order valence-corrected chi connectivity index (χ4v) is 3.63. The van der Waals surface area contributed by atoms with Crippen molar-refractivity contribution in [3.8, 4) is 0 Å². The number of anilines is 1. The summed E-state index contributed by atoms with van der Waals surface area (Å²) >= 11 is 0. The van der Waals surface area contributed by atoms with Gasteiger partial charge in [0, 0.05) is 0 Å². The van der Waals surface area contributed by atoms with Gasteiger partial charge in [-0.05, 0) is 31.0 Å². The second kappa shape index (κ2) is 5.05. The molecule has 2 N–H and O–H groups in total. The van der Waals surface area contributed by atoms with Crippen molar-refractivity contribution in [3.05, 3.63) is 59.7 Å². The minimum Gasteiger partial charge on any atom is -0.397 e. The third kappa shape index (κ3) is 2.49. The van der Waals surface area contributed by atoms with Crippen LogP contribution < -0.4 is 5.73 Å². The molecule has 0 amide bonds. The number of rotatable bonds is 3. The maximum atomic E-state index is 12.6. The van der Waals surface area contributed by atoms with E-state index in [0.29, 0.717) is 5.69 Å².